The van der Waals surface area contributed by atoms with Crippen molar-refractivity contribution < 1.29 is 23.8 Å². The number of unbranched alkanes of at least 4 members (excludes halogenated alkanes) is 5. The smallest absolute Gasteiger partial charge is 0.306 e. The molecule has 0 radical (unpaired) electrons. The monoisotopic (exact) mass is 745 g/mol. The highest BCUT2D eigenvalue weighted by atomic mass is 16.6. The summed E-state index contributed by atoms with van der Waals surface area (Å²) in [5, 5.41) is 0. The van der Waals surface area contributed by atoms with Gasteiger partial charge in [0.15, 0.2) is 6.10 Å². The number of esters is 2. The third-order valence-electron chi connectivity index (χ3n) is 8.01. The van der Waals surface area contributed by atoms with Gasteiger partial charge in [-0.15, -0.1) is 0 Å². The van der Waals surface area contributed by atoms with Crippen molar-refractivity contribution in [2.45, 2.75) is 155 Å². The molecule has 5 heteroatoms. The average Bonchev–Trinajstić information content (AvgIpc) is 3.17. The summed E-state index contributed by atoms with van der Waals surface area (Å²) in [5.74, 6) is -0.533. The molecule has 0 bridgehead atoms. The molecule has 0 N–H and O–H groups in total. The van der Waals surface area contributed by atoms with E-state index in [1.54, 1.807) is 0 Å². The van der Waals surface area contributed by atoms with E-state index in [2.05, 4.69) is 142 Å². The van der Waals surface area contributed by atoms with E-state index in [1.807, 2.05) is 0 Å². The lowest BCUT2D eigenvalue weighted by molar-refractivity contribution is -0.162. The van der Waals surface area contributed by atoms with Crippen LogP contribution in [0.5, 0.6) is 0 Å². The molecule has 54 heavy (non-hydrogen) atoms. The SMILES string of the molecule is CC/C=C\C/C=C\C/C=C\C/C=C\C/C=C\CCCC(=O)OCC(COCC/C=C\C/C=C\C/C=C\C/C=C\C/C=C\CC)OC(=O)CCCCCCC. The van der Waals surface area contributed by atoms with E-state index in [0.717, 1.165) is 109 Å². The molecular weight excluding hydrogens is 669 g/mol. The minimum Gasteiger partial charge on any atom is -0.462 e. The predicted octanol–water partition coefficient (Wildman–Crippen LogP) is 13.9. The van der Waals surface area contributed by atoms with Gasteiger partial charge >= 0.3 is 11.9 Å². The van der Waals surface area contributed by atoms with Gasteiger partial charge in [-0.25, -0.2) is 0 Å². The zero-order valence-electron chi connectivity index (χ0n) is 34.4. The Morgan fingerprint density at radius 1 is 0.426 bits per heavy atom. The molecule has 0 fully saturated rings. The maximum Gasteiger partial charge on any atom is 0.306 e. The second kappa shape index (κ2) is 43.7. The number of carbonyl (C=O) groups is 2. The molecule has 302 valence electrons. The van der Waals surface area contributed by atoms with Crippen molar-refractivity contribution >= 4 is 11.9 Å². The lowest BCUT2D eigenvalue weighted by Gasteiger charge is -2.18. The first-order valence-electron chi connectivity index (χ1n) is 21.1. The summed E-state index contributed by atoms with van der Waals surface area (Å²) in [6.45, 7) is 7.21. The van der Waals surface area contributed by atoms with Crippen molar-refractivity contribution in [2.75, 3.05) is 19.8 Å². The lowest BCUT2D eigenvalue weighted by Crippen LogP contribution is -2.30. The second-order valence-electron chi connectivity index (χ2n) is 13.1. The lowest BCUT2D eigenvalue weighted by atomic mass is 10.1. The zero-order chi connectivity index (χ0) is 39.3. The molecule has 5 nitrogen and oxygen atoms in total. The van der Waals surface area contributed by atoms with Crippen molar-refractivity contribution in [3.8, 4) is 0 Å². The average molecular weight is 745 g/mol. The first-order chi connectivity index (χ1) is 26.6. The zero-order valence-corrected chi connectivity index (χ0v) is 34.4. The summed E-state index contributed by atoms with van der Waals surface area (Å²) < 4.78 is 17.0. The number of rotatable bonds is 36. The van der Waals surface area contributed by atoms with E-state index in [0.29, 0.717) is 19.4 Å². The Morgan fingerprint density at radius 2 is 0.833 bits per heavy atom. The topological polar surface area (TPSA) is 61.8 Å². The molecule has 0 saturated carbocycles. The van der Waals surface area contributed by atoms with Crippen molar-refractivity contribution in [1.29, 1.82) is 0 Å². The van der Waals surface area contributed by atoms with E-state index >= 15 is 0 Å². The van der Waals surface area contributed by atoms with Crippen LogP contribution in [0.25, 0.3) is 0 Å². The fourth-order valence-corrected chi connectivity index (χ4v) is 4.96. The largest absolute Gasteiger partial charge is 0.462 e. The molecule has 0 aromatic rings. The van der Waals surface area contributed by atoms with E-state index in [1.165, 1.54) is 6.42 Å². The van der Waals surface area contributed by atoms with Gasteiger partial charge in [-0.1, -0.05) is 168 Å². The fraction of sp³-hybridized carbons (Fsp3) is 0.551. The Bertz CT molecular complexity index is 1160. The summed E-state index contributed by atoms with van der Waals surface area (Å²) in [6.07, 6.45) is 61.1. The number of hydrogen-bond acceptors (Lipinski definition) is 5. The molecule has 0 aliphatic carbocycles. The Kier molecular flexibility index (Phi) is 40.7. The molecular formula is C49H76O5. The highest BCUT2D eigenvalue weighted by Gasteiger charge is 2.17. The van der Waals surface area contributed by atoms with Gasteiger partial charge in [0.05, 0.1) is 13.2 Å². The van der Waals surface area contributed by atoms with Crippen LogP contribution in [0.2, 0.25) is 0 Å². The van der Waals surface area contributed by atoms with Crippen molar-refractivity contribution in [2.24, 2.45) is 0 Å². The number of hydrogen-bond donors (Lipinski definition) is 0. The summed E-state index contributed by atoms with van der Waals surface area (Å²) in [4.78, 5) is 24.9. The molecule has 0 aromatic heterocycles. The molecule has 1 atom stereocenters. The van der Waals surface area contributed by atoms with Crippen LogP contribution < -0.4 is 0 Å². The summed E-state index contributed by atoms with van der Waals surface area (Å²) >= 11 is 0. The Hall–Kier alpha value is -3.70. The Balaban J connectivity index is 4.34. The maximum absolute atomic E-state index is 12.5. The van der Waals surface area contributed by atoms with Gasteiger partial charge < -0.3 is 14.2 Å². The van der Waals surface area contributed by atoms with Crippen molar-refractivity contribution in [3.63, 3.8) is 0 Å². The minimum atomic E-state index is -0.601. The van der Waals surface area contributed by atoms with Gasteiger partial charge in [0, 0.05) is 12.8 Å². The summed E-state index contributed by atoms with van der Waals surface area (Å²) in [5.41, 5.74) is 0. The number of ether oxygens (including phenoxy) is 3. The molecule has 0 aromatic carbocycles. The first kappa shape index (κ1) is 50.3. The molecule has 0 heterocycles. The van der Waals surface area contributed by atoms with Crippen LogP contribution in [-0.4, -0.2) is 37.9 Å². The van der Waals surface area contributed by atoms with Crippen LogP contribution in [0.4, 0.5) is 0 Å². The third kappa shape index (κ3) is 41.1. The highest BCUT2D eigenvalue weighted by molar-refractivity contribution is 5.70. The Morgan fingerprint density at radius 3 is 1.30 bits per heavy atom. The van der Waals surface area contributed by atoms with Gasteiger partial charge in [0.1, 0.15) is 6.61 Å². The van der Waals surface area contributed by atoms with Crippen LogP contribution in [-0.2, 0) is 23.8 Å². The van der Waals surface area contributed by atoms with Gasteiger partial charge in [-0.05, 0) is 89.9 Å². The van der Waals surface area contributed by atoms with Crippen LogP contribution in [0.15, 0.2) is 122 Å². The molecule has 1 unspecified atom stereocenters. The molecule has 0 aliphatic rings. The fourth-order valence-electron chi connectivity index (χ4n) is 4.96. The Labute approximate surface area is 331 Å². The van der Waals surface area contributed by atoms with Gasteiger partial charge in [0.2, 0.25) is 0 Å². The first-order valence-corrected chi connectivity index (χ1v) is 21.1. The van der Waals surface area contributed by atoms with E-state index < -0.39 is 6.10 Å². The minimum absolute atomic E-state index is 0.0176. The molecule has 0 aliphatic heterocycles. The van der Waals surface area contributed by atoms with E-state index in [9.17, 15) is 9.59 Å². The normalized spacial score (nSPS) is 13.5. The third-order valence-corrected chi connectivity index (χ3v) is 8.01. The second-order valence-corrected chi connectivity index (χ2v) is 13.1. The number of allylic oxidation sites excluding steroid dienone is 19. The van der Waals surface area contributed by atoms with E-state index in [4.69, 9.17) is 14.2 Å². The molecule has 0 rings (SSSR count). The predicted molar refractivity (Wildman–Crippen MR) is 232 cm³/mol. The summed E-state index contributed by atoms with van der Waals surface area (Å²) in [6, 6.07) is 0. The molecule has 0 spiro atoms. The molecule has 0 saturated heterocycles. The maximum atomic E-state index is 12.5. The van der Waals surface area contributed by atoms with Gasteiger partial charge in [0.25, 0.3) is 0 Å². The van der Waals surface area contributed by atoms with Crippen LogP contribution in [0.3, 0.4) is 0 Å². The summed E-state index contributed by atoms with van der Waals surface area (Å²) in [7, 11) is 0. The number of carbonyl (C=O) groups excluding carboxylic acids is 2. The van der Waals surface area contributed by atoms with Gasteiger partial charge in [-0.2, -0.15) is 0 Å². The van der Waals surface area contributed by atoms with Crippen LogP contribution in [0.1, 0.15) is 149 Å². The van der Waals surface area contributed by atoms with Gasteiger partial charge in [-0.3, -0.25) is 9.59 Å². The van der Waals surface area contributed by atoms with Crippen LogP contribution in [0, 0.1) is 0 Å². The van der Waals surface area contributed by atoms with Crippen molar-refractivity contribution in [1.82, 2.24) is 0 Å². The molecule has 0 amide bonds. The van der Waals surface area contributed by atoms with Crippen LogP contribution >= 0.6 is 0 Å². The standard InChI is InChI=1S/C49H76O5/c1-4-7-10-13-15-17-19-21-23-25-26-28-30-32-34-37-39-42-48(50)53-46-47(54-49(51)43-40-36-12-9-6-3)45-52-44-41-38-35-33-31-29-27-24-22-20-18-16-14-11-8-5-2/h7-8,10-11,15-18,21-24,26,28-29,31-32,34-35,38,47H,4-6,9,12-14,19-20,25,27,30,33,36-37,39-46H2,1-3H3/b10-7-,11-8-,17-15-,18-16-,23-21-,24-22-,28-26-,31-29-,34-32-,38-35-. The van der Waals surface area contributed by atoms with Crippen molar-refractivity contribution in [3.05, 3.63) is 122 Å². The van der Waals surface area contributed by atoms with E-state index in [-0.39, 0.29) is 25.2 Å². The highest BCUT2D eigenvalue weighted by Crippen LogP contribution is 2.09. The quantitative estimate of drug-likeness (QED) is 0.0363.